The van der Waals surface area contributed by atoms with E-state index < -0.39 is 17.6 Å². The summed E-state index contributed by atoms with van der Waals surface area (Å²) in [6, 6.07) is 0. The van der Waals surface area contributed by atoms with Gasteiger partial charge >= 0.3 is 11.9 Å². The highest BCUT2D eigenvalue weighted by molar-refractivity contribution is 5.98. The number of nitrogens with one attached hydrogen (secondary N) is 1. The summed E-state index contributed by atoms with van der Waals surface area (Å²) in [4.78, 5) is 26.6. The number of hydrogen-bond donors (Lipinski definition) is 3. The van der Waals surface area contributed by atoms with Crippen LogP contribution in [0.15, 0.2) is 0 Å². The third-order valence-electron chi connectivity index (χ3n) is 1.24. The molecule has 0 unspecified atom stereocenters. The highest BCUT2D eigenvalue weighted by Crippen LogP contribution is 2.05. The predicted molar refractivity (Wildman–Crippen MR) is 40.9 cm³/mol. The van der Waals surface area contributed by atoms with Gasteiger partial charge in [-0.3, -0.25) is 0 Å². The van der Waals surface area contributed by atoms with E-state index >= 15 is 0 Å². The van der Waals surface area contributed by atoms with Crippen LogP contribution in [0.25, 0.3) is 0 Å². The van der Waals surface area contributed by atoms with Crippen molar-refractivity contribution >= 4 is 11.9 Å². The van der Waals surface area contributed by atoms with Gasteiger partial charge in [0, 0.05) is 0 Å². The lowest BCUT2D eigenvalue weighted by Gasteiger charge is -1.88. The second-order valence-corrected chi connectivity index (χ2v) is 2.16. The fraction of sp³-hybridized carbons (Fsp3) is 0.167. The Morgan fingerprint density at radius 1 is 1.31 bits per heavy atom. The molecule has 0 aromatic carbocycles. The van der Waals surface area contributed by atoms with Crippen LogP contribution in [0.4, 0.5) is 0 Å². The normalized spacial score (nSPS) is 9.00. The van der Waals surface area contributed by atoms with Crippen molar-refractivity contribution in [2.24, 2.45) is 0 Å². The van der Waals surface area contributed by atoms with Crippen molar-refractivity contribution in [3.05, 3.63) is 17.2 Å². The van der Waals surface area contributed by atoms with Crippen LogP contribution in [0.3, 0.4) is 0 Å². The zero-order valence-electron chi connectivity index (χ0n) is 6.66. The second kappa shape index (κ2) is 3.68. The molecule has 0 amide bonds. The lowest BCUT2D eigenvalue weighted by Crippen LogP contribution is -2.07. The van der Waals surface area contributed by atoms with Gasteiger partial charge in [-0.2, -0.15) is 0 Å². The quantitative estimate of drug-likeness (QED) is 0.563. The molecule has 1 heterocycles. The molecule has 1 rings (SSSR count). The summed E-state index contributed by atoms with van der Waals surface area (Å²) in [6.07, 6.45) is 0. The summed E-state index contributed by atoms with van der Waals surface area (Å²) < 4.78 is 0. The molecular formula is C6H8N2O5. The molecule has 0 aliphatic heterocycles. The molecule has 0 saturated heterocycles. The molecule has 5 N–H and O–H groups in total. The minimum absolute atomic E-state index is 0. The molecule has 0 fully saturated rings. The zero-order chi connectivity index (χ0) is 9.30. The fourth-order valence-corrected chi connectivity index (χ4v) is 0.801. The standard InChI is InChI=1S/C6H6N2O4.H2O/c1-2-7-3(5(9)10)4(8-2)6(11)12;/h1H3,(H,7,8)(H,9,10)(H,11,12);1H2. The number of H-pyrrole nitrogens is 1. The van der Waals surface area contributed by atoms with E-state index in [2.05, 4.69) is 9.97 Å². The first-order valence-corrected chi connectivity index (χ1v) is 3.05. The van der Waals surface area contributed by atoms with E-state index in [0.717, 1.165) is 0 Å². The van der Waals surface area contributed by atoms with Gasteiger partial charge in [0.05, 0.1) is 0 Å². The van der Waals surface area contributed by atoms with Crippen LogP contribution in [-0.2, 0) is 0 Å². The number of carboxylic acids is 2. The number of carbonyl (C=O) groups is 2. The smallest absolute Gasteiger partial charge is 0.357 e. The minimum atomic E-state index is -1.35. The van der Waals surface area contributed by atoms with Gasteiger partial charge in [-0.05, 0) is 6.92 Å². The van der Waals surface area contributed by atoms with E-state index in [1.807, 2.05) is 0 Å². The number of rotatable bonds is 2. The molecule has 0 atom stereocenters. The molecule has 7 nitrogen and oxygen atoms in total. The third-order valence-corrected chi connectivity index (χ3v) is 1.24. The van der Waals surface area contributed by atoms with Gasteiger partial charge < -0.3 is 20.7 Å². The predicted octanol–water partition coefficient (Wildman–Crippen LogP) is -0.710. The summed E-state index contributed by atoms with van der Waals surface area (Å²) in [7, 11) is 0. The lowest BCUT2D eigenvalue weighted by atomic mass is 10.3. The monoisotopic (exact) mass is 188 g/mol. The van der Waals surface area contributed by atoms with Crippen LogP contribution < -0.4 is 0 Å². The van der Waals surface area contributed by atoms with Crippen molar-refractivity contribution in [2.75, 3.05) is 0 Å². The number of aromatic carboxylic acids is 2. The van der Waals surface area contributed by atoms with Gasteiger partial charge in [0.1, 0.15) is 5.82 Å². The van der Waals surface area contributed by atoms with Gasteiger partial charge in [0.25, 0.3) is 0 Å². The highest BCUT2D eigenvalue weighted by Gasteiger charge is 2.19. The second-order valence-electron chi connectivity index (χ2n) is 2.16. The average molecular weight is 188 g/mol. The van der Waals surface area contributed by atoms with E-state index in [-0.39, 0.29) is 17.0 Å². The van der Waals surface area contributed by atoms with Gasteiger partial charge in [0.15, 0.2) is 11.4 Å². The van der Waals surface area contributed by atoms with E-state index in [0.29, 0.717) is 0 Å². The van der Waals surface area contributed by atoms with Crippen LogP contribution in [0.1, 0.15) is 26.8 Å². The van der Waals surface area contributed by atoms with Crippen molar-refractivity contribution in [2.45, 2.75) is 6.92 Å². The molecule has 7 heteroatoms. The number of aromatic nitrogens is 2. The molecule has 1 aromatic rings. The Morgan fingerprint density at radius 2 is 1.85 bits per heavy atom. The van der Waals surface area contributed by atoms with E-state index in [4.69, 9.17) is 10.2 Å². The Bertz CT molecular complexity index is 311. The molecule has 0 bridgehead atoms. The summed E-state index contributed by atoms with van der Waals surface area (Å²) in [5, 5.41) is 17.0. The summed E-state index contributed by atoms with van der Waals surface area (Å²) >= 11 is 0. The Kier molecular flexibility index (Phi) is 3.14. The molecule has 72 valence electrons. The largest absolute Gasteiger partial charge is 0.477 e. The molecule has 0 aliphatic rings. The van der Waals surface area contributed by atoms with Crippen LogP contribution in [-0.4, -0.2) is 37.6 Å². The lowest BCUT2D eigenvalue weighted by molar-refractivity contribution is 0.0644. The van der Waals surface area contributed by atoms with Gasteiger partial charge in [-0.15, -0.1) is 0 Å². The maximum atomic E-state index is 10.4. The summed E-state index contributed by atoms with van der Waals surface area (Å²) in [5.41, 5.74) is -0.847. The molecule has 13 heavy (non-hydrogen) atoms. The van der Waals surface area contributed by atoms with Crippen molar-refractivity contribution in [3.8, 4) is 0 Å². The Hall–Kier alpha value is -1.89. The molecule has 0 saturated carbocycles. The first-order valence-electron chi connectivity index (χ1n) is 3.05. The Morgan fingerprint density at radius 3 is 2.15 bits per heavy atom. The SMILES string of the molecule is Cc1nc(C(=O)O)c(C(=O)O)[nH]1.O. The van der Waals surface area contributed by atoms with Crippen molar-refractivity contribution in [1.82, 2.24) is 9.97 Å². The molecule has 0 aliphatic carbocycles. The first kappa shape index (κ1) is 11.1. The molecule has 0 spiro atoms. The number of hydrogen-bond acceptors (Lipinski definition) is 3. The molecular weight excluding hydrogens is 180 g/mol. The van der Waals surface area contributed by atoms with Gasteiger partial charge in [-0.1, -0.05) is 0 Å². The van der Waals surface area contributed by atoms with Crippen molar-refractivity contribution in [3.63, 3.8) is 0 Å². The maximum absolute atomic E-state index is 10.4. The molecule has 1 aromatic heterocycles. The summed E-state index contributed by atoms with van der Waals surface area (Å²) in [6.45, 7) is 1.48. The van der Waals surface area contributed by atoms with E-state index in [1.165, 1.54) is 6.92 Å². The van der Waals surface area contributed by atoms with E-state index in [9.17, 15) is 9.59 Å². The van der Waals surface area contributed by atoms with Gasteiger partial charge in [0.2, 0.25) is 0 Å². The maximum Gasteiger partial charge on any atom is 0.357 e. The van der Waals surface area contributed by atoms with Crippen LogP contribution in [0.2, 0.25) is 0 Å². The molecule has 0 radical (unpaired) electrons. The van der Waals surface area contributed by atoms with Crippen molar-refractivity contribution < 1.29 is 25.3 Å². The third kappa shape index (κ3) is 2.03. The number of carboxylic acid groups (broad SMARTS) is 2. The first-order chi connectivity index (χ1) is 5.52. The number of aromatic amines is 1. The summed E-state index contributed by atoms with van der Waals surface area (Å²) in [5.74, 6) is -2.41. The average Bonchev–Trinajstić information content (AvgIpc) is 2.31. The Balaban J connectivity index is 0.00000144. The number of nitrogens with zero attached hydrogens (tertiary/aromatic N) is 1. The minimum Gasteiger partial charge on any atom is -0.477 e. The highest BCUT2D eigenvalue weighted by atomic mass is 16.4. The fourth-order valence-electron chi connectivity index (χ4n) is 0.801. The van der Waals surface area contributed by atoms with Gasteiger partial charge in [-0.25, -0.2) is 14.6 Å². The van der Waals surface area contributed by atoms with Crippen LogP contribution in [0, 0.1) is 6.92 Å². The van der Waals surface area contributed by atoms with Crippen molar-refractivity contribution in [1.29, 1.82) is 0 Å². The number of imidazole rings is 1. The van der Waals surface area contributed by atoms with E-state index in [1.54, 1.807) is 0 Å². The van der Waals surface area contributed by atoms with Crippen LogP contribution in [0.5, 0.6) is 0 Å². The Labute approximate surface area is 72.3 Å². The zero-order valence-corrected chi connectivity index (χ0v) is 6.66. The number of aryl methyl sites for hydroxylation is 1. The van der Waals surface area contributed by atoms with Crippen LogP contribution >= 0.6 is 0 Å². The topological polar surface area (TPSA) is 135 Å².